The summed E-state index contributed by atoms with van der Waals surface area (Å²) in [7, 11) is 0. The molecule has 1 fully saturated rings. The summed E-state index contributed by atoms with van der Waals surface area (Å²) in [6, 6.07) is 6.75. The van der Waals surface area contributed by atoms with Crippen LogP contribution in [-0.4, -0.2) is 30.6 Å². The molecule has 0 radical (unpaired) electrons. The van der Waals surface area contributed by atoms with Crippen LogP contribution in [0, 0.1) is 17.1 Å². The molecule has 0 aromatic heterocycles. The molecule has 0 aliphatic carbocycles. The monoisotopic (exact) mass is 261 g/mol. The molecule has 3 nitrogen and oxygen atoms in total. The van der Waals surface area contributed by atoms with Gasteiger partial charge in [-0.1, -0.05) is 0 Å². The molecule has 102 valence electrons. The number of nitrogens with zero attached hydrogens (tertiary/aromatic N) is 2. The molecular weight excluding hydrogens is 241 g/mol. The Morgan fingerprint density at radius 3 is 2.84 bits per heavy atom. The minimum absolute atomic E-state index is 0.289. The van der Waals surface area contributed by atoms with E-state index in [9.17, 15) is 4.39 Å². The van der Waals surface area contributed by atoms with Crippen molar-refractivity contribution >= 4 is 0 Å². The van der Waals surface area contributed by atoms with E-state index >= 15 is 0 Å². The highest BCUT2D eigenvalue weighted by atomic mass is 19.1. The normalized spacial score (nSPS) is 17.3. The number of likely N-dealkylation sites (tertiary alicyclic amines) is 1. The number of hydrogen-bond donors (Lipinski definition) is 1. The number of hydrogen-bond acceptors (Lipinski definition) is 3. The van der Waals surface area contributed by atoms with Gasteiger partial charge in [-0.2, -0.15) is 5.26 Å². The lowest BCUT2D eigenvalue weighted by Gasteiger charge is -2.21. The van der Waals surface area contributed by atoms with Crippen molar-refractivity contribution in [2.75, 3.05) is 19.6 Å². The van der Waals surface area contributed by atoms with E-state index in [1.54, 1.807) is 0 Å². The first-order chi connectivity index (χ1) is 9.19. The van der Waals surface area contributed by atoms with Gasteiger partial charge in [-0.15, -0.1) is 0 Å². The molecule has 0 saturated carbocycles. The Labute approximate surface area is 114 Å². The summed E-state index contributed by atoms with van der Waals surface area (Å²) in [5.41, 5.74) is 1.28. The van der Waals surface area contributed by atoms with E-state index in [0.717, 1.165) is 12.1 Å². The van der Waals surface area contributed by atoms with Crippen molar-refractivity contribution in [1.29, 1.82) is 5.26 Å². The van der Waals surface area contributed by atoms with Gasteiger partial charge in [-0.05, 0) is 56.6 Å². The van der Waals surface area contributed by atoms with Gasteiger partial charge >= 0.3 is 0 Å². The maximum Gasteiger partial charge on any atom is 0.123 e. The van der Waals surface area contributed by atoms with Crippen molar-refractivity contribution < 1.29 is 4.39 Å². The Bertz CT molecular complexity index is 461. The van der Waals surface area contributed by atoms with E-state index in [2.05, 4.69) is 23.2 Å². The molecule has 4 heteroatoms. The highest BCUT2D eigenvalue weighted by Crippen LogP contribution is 2.11. The van der Waals surface area contributed by atoms with Gasteiger partial charge in [0.1, 0.15) is 5.82 Å². The molecule has 0 amide bonds. The standard InChI is InChI=1S/C15H20FN3/c1-12(11-19-6-2-3-7-19)18-10-14-8-15(16)5-4-13(14)9-17/h4-5,8,12,18H,2-3,6-7,10-11H2,1H3. The fraction of sp³-hybridized carbons (Fsp3) is 0.533. The van der Waals surface area contributed by atoms with Crippen molar-refractivity contribution in [3.63, 3.8) is 0 Å². The number of nitriles is 1. The first-order valence-electron chi connectivity index (χ1n) is 6.83. The fourth-order valence-electron chi connectivity index (χ4n) is 2.52. The largest absolute Gasteiger partial charge is 0.309 e. The van der Waals surface area contributed by atoms with Crippen molar-refractivity contribution in [2.24, 2.45) is 0 Å². The van der Waals surface area contributed by atoms with Gasteiger partial charge in [-0.3, -0.25) is 0 Å². The maximum atomic E-state index is 13.2. The molecule has 1 saturated heterocycles. The van der Waals surface area contributed by atoms with Gasteiger partial charge in [0, 0.05) is 19.1 Å². The van der Waals surface area contributed by atoms with Crippen LogP contribution in [0.15, 0.2) is 18.2 Å². The third kappa shape index (κ3) is 4.02. The molecule has 19 heavy (non-hydrogen) atoms. The van der Waals surface area contributed by atoms with Crippen LogP contribution in [0.4, 0.5) is 4.39 Å². The quantitative estimate of drug-likeness (QED) is 0.883. The van der Waals surface area contributed by atoms with Crippen LogP contribution in [-0.2, 0) is 6.54 Å². The second-order valence-electron chi connectivity index (χ2n) is 5.20. The molecule has 0 bridgehead atoms. The van der Waals surface area contributed by atoms with Gasteiger partial charge in [-0.25, -0.2) is 4.39 Å². The molecule has 1 heterocycles. The number of benzene rings is 1. The molecule has 1 unspecified atom stereocenters. The predicted molar refractivity (Wildman–Crippen MR) is 73.1 cm³/mol. The molecule has 1 aromatic rings. The first-order valence-corrected chi connectivity index (χ1v) is 6.83. The van der Waals surface area contributed by atoms with E-state index in [-0.39, 0.29) is 5.82 Å². The lowest BCUT2D eigenvalue weighted by atomic mass is 10.1. The van der Waals surface area contributed by atoms with E-state index in [4.69, 9.17) is 5.26 Å². The van der Waals surface area contributed by atoms with Crippen LogP contribution >= 0.6 is 0 Å². The summed E-state index contributed by atoms with van der Waals surface area (Å²) in [4.78, 5) is 2.44. The SMILES string of the molecule is CC(CN1CCCC1)NCc1cc(F)ccc1C#N. The van der Waals surface area contributed by atoms with Crippen LogP contribution in [0.3, 0.4) is 0 Å². The molecule has 1 atom stereocenters. The van der Waals surface area contributed by atoms with Gasteiger partial charge in [0.15, 0.2) is 0 Å². The zero-order chi connectivity index (χ0) is 13.7. The van der Waals surface area contributed by atoms with Crippen LogP contribution in [0.1, 0.15) is 30.9 Å². The van der Waals surface area contributed by atoms with Gasteiger partial charge in [0.05, 0.1) is 11.6 Å². The molecule has 1 N–H and O–H groups in total. The Morgan fingerprint density at radius 2 is 2.16 bits per heavy atom. The predicted octanol–water partition coefficient (Wildman–Crippen LogP) is 2.27. The summed E-state index contributed by atoms with van der Waals surface area (Å²) in [5, 5.41) is 12.4. The molecule has 1 aliphatic heterocycles. The lowest BCUT2D eigenvalue weighted by molar-refractivity contribution is 0.298. The van der Waals surface area contributed by atoms with E-state index in [1.807, 2.05) is 0 Å². The summed E-state index contributed by atoms with van der Waals surface area (Å²) >= 11 is 0. The molecule has 1 aliphatic rings. The minimum Gasteiger partial charge on any atom is -0.309 e. The summed E-state index contributed by atoms with van der Waals surface area (Å²) in [6.07, 6.45) is 2.57. The molecule has 2 rings (SSSR count). The third-order valence-corrected chi connectivity index (χ3v) is 3.56. The molecule has 0 spiro atoms. The minimum atomic E-state index is -0.289. The zero-order valence-electron chi connectivity index (χ0n) is 11.3. The summed E-state index contributed by atoms with van der Waals surface area (Å²) < 4.78 is 13.2. The van der Waals surface area contributed by atoms with Crippen LogP contribution in [0.25, 0.3) is 0 Å². The highest BCUT2D eigenvalue weighted by molar-refractivity contribution is 5.37. The average molecular weight is 261 g/mol. The van der Waals surface area contributed by atoms with E-state index in [0.29, 0.717) is 18.2 Å². The molecular formula is C15H20FN3. The van der Waals surface area contributed by atoms with Crippen molar-refractivity contribution in [2.45, 2.75) is 32.4 Å². The van der Waals surface area contributed by atoms with Crippen LogP contribution in [0.5, 0.6) is 0 Å². The van der Waals surface area contributed by atoms with Crippen molar-refractivity contribution in [1.82, 2.24) is 10.2 Å². The Kier molecular flexibility index (Phi) is 4.89. The maximum absolute atomic E-state index is 13.2. The van der Waals surface area contributed by atoms with Gasteiger partial charge < -0.3 is 10.2 Å². The topological polar surface area (TPSA) is 39.1 Å². The Balaban J connectivity index is 1.87. The number of halogens is 1. The zero-order valence-corrected chi connectivity index (χ0v) is 11.3. The summed E-state index contributed by atoms with van der Waals surface area (Å²) in [5.74, 6) is -0.289. The Hall–Kier alpha value is -1.44. The smallest absolute Gasteiger partial charge is 0.123 e. The average Bonchev–Trinajstić information content (AvgIpc) is 2.89. The van der Waals surface area contributed by atoms with Crippen LogP contribution < -0.4 is 5.32 Å². The van der Waals surface area contributed by atoms with Crippen molar-refractivity contribution in [3.05, 3.63) is 35.1 Å². The molecule has 1 aromatic carbocycles. The number of rotatable bonds is 5. The third-order valence-electron chi connectivity index (χ3n) is 3.56. The lowest BCUT2D eigenvalue weighted by Crippen LogP contribution is -2.37. The fourth-order valence-corrected chi connectivity index (χ4v) is 2.52. The van der Waals surface area contributed by atoms with Gasteiger partial charge in [0.2, 0.25) is 0 Å². The van der Waals surface area contributed by atoms with E-state index in [1.165, 1.54) is 44.1 Å². The second kappa shape index (κ2) is 6.65. The number of nitrogens with one attached hydrogen (secondary N) is 1. The second-order valence-corrected chi connectivity index (χ2v) is 5.20. The first kappa shape index (κ1) is 14.0. The Morgan fingerprint density at radius 1 is 1.42 bits per heavy atom. The van der Waals surface area contributed by atoms with Gasteiger partial charge in [0.25, 0.3) is 0 Å². The van der Waals surface area contributed by atoms with Crippen molar-refractivity contribution in [3.8, 4) is 6.07 Å². The van der Waals surface area contributed by atoms with E-state index < -0.39 is 0 Å². The summed E-state index contributed by atoms with van der Waals surface area (Å²) in [6.45, 7) is 6.03. The van der Waals surface area contributed by atoms with Crippen LogP contribution in [0.2, 0.25) is 0 Å². The highest BCUT2D eigenvalue weighted by Gasteiger charge is 2.14.